The van der Waals surface area contributed by atoms with Gasteiger partial charge in [-0.2, -0.15) is 18.3 Å². The third kappa shape index (κ3) is 2.83. The number of alkyl halides is 3. The number of halogens is 3. The number of imide groups is 1. The van der Waals surface area contributed by atoms with Crippen LogP contribution < -0.4 is 9.91 Å². The Morgan fingerprint density at radius 2 is 1.71 bits per heavy atom. The van der Waals surface area contributed by atoms with Crippen molar-refractivity contribution >= 4 is 23.2 Å². The Kier molecular flexibility index (Phi) is 4.17. The lowest BCUT2D eigenvalue weighted by molar-refractivity contribution is -0.137. The molecule has 0 bridgehead atoms. The molecule has 0 spiro atoms. The maximum Gasteiger partial charge on any atom is 0.416 e. The predicted octanol–water partition coefficient (Wildman–Crippen LogP) is 3.77. The van der Waals surface area contributed by atoms with E-state index in [-0.39, 0.29) is 5.69 Å². The van der Waals surface area contributed by atoms with E-state index >= 15 is 0 Å². The summed E-state index contributed by atoms with van der Waals surface area (Å²) in [4.78, 5) is 26.7. The van der Waals surface area contributed by atoms with Gasteiger partial charge in [0.15, 0.2) is 12.1 Å². The minimum absolute atomic E-state index is 0.0513. The normalized spacial score (nSPS) is 21.6. The van der Waals surface area contributed by atoms with Crippen LogP contribution in [0.4, 0.5) is 24.5 Å². The minimum atomic E-state index is -4.53. The second-order valence-corrected chi connectivity index (χ2v) is 6.52. The fourth-order valence-electron chi connectivity index (χ4n) is 3.33. The Hall–Kier alpha value is -3.23. The quantitative estimate of drug-likeness (QED) is 0.752. The number of aryl methyl sites for hydroxylation is 1. The van der Waals surface area contributed by atoms with Crippen molar-refractivity contribution in [3.63, 3.8) is 0 Å². The third-order valence-electron chi connectivity index (χ3n) is 4.82. The largest absolute Gasteiger partial charge is 0.416 e. The van der Waals surface area contributed by atoms with Crippen molar-refractivity contribution in [3.8, 4) is 0 Å². The summed E-state index contributed by atoms with van der Waals surface area (Å²) in [5, 5.41) is 8.72. The van der Waals surface area contributed by atoms with Gasteiger partial charge in [-0.05, 0) is 42.3 Å². The molecule has 4 rings (SSSR count). The van der Waals surface area contributed by atoms with Gasteiger partial charge < -0.3 is 0 Å². The highest BCUT2D eigenvalue weighted by Crippen LogP contribution is 2.37. The van der Waals surface area contributed by atoms with E-state index in [4.69, 9.17) is 0 Å². The molecule has 2 heterocycles. The second-order valence-electron chi connectivity index (χ2n) is 6.52. The zero-order valence-corrected chi connectivity index (χ0v) is 14.7. The molecule has 2 amide bonds. The van der Waals surface area contributed by atoms with Crippen LogP contribution in [0.5, 0.6) is 0 Å². The van der Waals surface area contributed by atoms with Crippen LogP contribution in [0, 0.1) is 0 Å². The fourth-order valence-corrected chi connectivity index (χ4v) is 3.33. The maximum absolute atomic E-state index is 13.0. The van der Waals surface area contributed by atoms with Gasteiger partial charge in [0.05, 0.1) is 16.9 Å². The number of carbonyl (C=O) groups is 2. The molecule has 0 aliphatic carbocycles. The van der Waals surface area contributed by atoms with Crippen molar-refractivity contribution in [1.82, 2.24) is 0 Å². The molecule has 9 heteroatoms. The van der Waals surface area contributed by atoms with Crippen LogP contribution in [0.15, 0.2) is 58.9 Å². The average molecular weight is 388 g/mol. The first-order valence-electron chi connectivity index (χ1n) is 8.65. The second kappa shape index (κ2) is 6.43. The summed E-state index contributed by atoms with van der Waals surface area (Å²) in [6.45, 7) is 1.99. The van der Waals surface area contributed by atoms with Gasteiger partial charge in [-0.25, -0.2) is 9.91 Å². The number of carbonyl (C=O) groups excluding carboxylic acids is 2. The van der Waals surface area contributed by atoms with Crippen LogP contribution in [0.1, 0.15) is 18.1 Å². The molecule has 0 radical (unpaired) electrons. The number of anilines is 2. The van der Waals surface area contributed by atoms with Crippen LogP contribution in [0.25, 0.3) is 0 Å². The summed E-state index contributed by atoms with van der Waals surface area (Å²) < 4.78 is 39.0. The van der Waals surface area contributed by atoms with Gasteiger partial charge in [0, 0.05) is 0 Å². The average Bonchev–Trinajstić information content (AvgIpc) is 3.22. The van der Waals surface area contributed by atoms with Gasteiger partial charge in [-0.15, -0.1) is 0 Å². The first-order chi connectivity index (χ1) is 13.3. The molecule has 2 atom stereocenters. The SMILES string of the molecule is CCc1ccc(N2C(=O)[C@@H]3N=NN(c4cccc(C(F)(F)F)c4)[C@H]3C2=O)cc1. The highest BCUT2D eigenvalue weighted by atomic mass is 19.4. The minimum Gasteiger partial charge on any atom is -0.271 e. The van der Waals surface area contributed by atoms with Crippen molar-refractivity contribution in [1.29, 1.82) is 0 Å². The van der Waals surface area contributed by atoms with E-state index in [0.29, 0.717) is 5.69 Å². The third-order valence-corrected chi connectivity index (χ3v) is 4.82. The molecule has 2 aromatic carbocycles. The van der Waals surface area contributed by atoms with Crippen LogP contribution in [0.3, 0.4) is 0 Å². The first-order valence-corrected chi connectivity index (χ1v) is 8.65. The van der Waals surface area contributed by atoms with Crippen molar-refractivity contribution in [2.24, 2.45) is 10.3 Å². The van der Waals surface area contributed by atoms with Gasteiger partial charge in [-0.1, -0.05) is 30.3 Å². The lowest BCUT2D eigenvalue weighted by Crippen LogP contribution is -2.40. The molecule has 2 aromatic rings. The lowest BCUT2D eigenvalue weighted by atomic mass is 10.1. The summed E-state index contributed by atoms with van der Waals surface area (Å²) in [7, 11) is 0. The van der Waals surface area contributed by atoms with Crippen LogP contribution >= 0.6 is 0 Å². The molecule has 2 aliphatic rings. The van der Waals surface area contributed by atoms with Gasteiger partial charge in [-0.3, -0.25) is 9.59 Å². The number of amides is 2. The molecule has 28 heavy (non-hydrogen) atoms. The molecular formula is C19H15F3N4O2. The zero-order chi connectivity index (χ0) is 20.1. The molecule has 0 saturated carbocycles. The standard InChI is InChI=1S/C19H15F3N4O2/c1-2-11-6-8-13(9-7-11)25-17(27)15-16(18(25)28)26(24-23-15)14-5-3-4-12(10-14)19(20,21)22/h3-10,15-16H,2H2,1H3/t15-,16-/m1/s1. The summed E-state index contributed by atoms with van der Waals surface area (Å²) in [6.07, 6.45) is -3.72. The molecule has 1 saturated heterocycles. The number of nitrogens with zero attached hydrogens (tertiary/aromatic N) is 4. The summed E-state index contributed by atoms with van der Waals surface area (Å²) in [5.41, 5.74) is 0.636. The summed E-state index contributed by atoms with van der Waals surface area (Å²) in [5.74, 6) is -1.11. The highest BCUT2D eigenvalue weighted by molar-refractivity contribution is 6.26. The molecule has 2 aliphatic heterocycles. The van der Waals surface area contributed by atoms with E-state index in [1.807, 2.05) is 19.1 Å². The van der Waals surface area contributed by atoms with Crippen LogP contribution in [-0.2, 0) is 22.2 Å². The Labute approximate surface area is 158 Å². The Morgan fingerprint density at radius 3 is 2.36 bits per heavy atom. The fraction of sp³-hybridized carbons (Fsp3) is 0.263. The van der Waals surface area contributed by atoms with Crippen molar-refractivity contribution < 1.29 is 22.8 Å². The predicted molar refractivity (Wildman–Crippen MR) is 94.7 cm³/mol. The van der Waals surface area contributed by atoms with Crippen LogP contribution in [0.2, 0.25) is 0 Å². The number of benzene rings is 2. The number of hydrogen-bond donors (Lipinski definition) is 0. The maximum atomic E-state index is 13.0. The van der Waals surface area contributed by atoms with E-state index in [2.05, 4.69) is 10.3 Å². The van der Waals surface area contributed by atoms with E-state index < -0.39 is 35.6 Å². The molecular weight excluding hydrogens is 373 g/mol. The first kappa shape index (κ1) is 18.1. The highest BCUT2D eigenvalue weighted by Gasteiger charge is 2.55. The number of fused-ring (bicyclic) bond motifs is 1. The van der Waals surface area contributed by atoms with Gasteiger partial charge >= 0.3 is 6.18 Å². The Morgan fingerprint density at radius 1 is 1.00 bits per heavy atom. The van der Waals surface area contributed by atoms with Crippen molar-refractivity contribution in [2.45, 2.75) is 31.6 Å². The lowest BCUT2D eigenvalue weighted by Gasteiger charge is -2.21. The summed E-state index contributed by atoms with van der Waals surface area (Å²) >= 11 is 0. The van der Waals surface area contributed by atoms with E-state index in [0.717, 1.165) is 34.0 Å². The van der Waals surface area contributed by atoms with Gasteiger partial charge in [0.1, 0.15) is 0 Å². The Bertz CT molecular complexity index is 972. The van der Waals surface area contributed by atoms with E-state index in [1.165, 1.54) is 12.1 Å². The van der Waals surface area contributed by atoms with Crippen LogP contribution in [-0.4, -0.2) is 23.9 Å². The molecule has 6 nitrogen and oxygen atoms in total. The molecule has 0 aromatic heterocycles. The summed E-state index contributed by atoms with van der Waals surface area (Å²) in [6, 6.07) is 9.23. The Balaban J connectivity index is 1.66. The van der Waals surface area contributed by atoms with Crippen molar-refractivity contribution in [2.75, 3.05) is 9.91 Å². The zero-order valence-electron chi connectivity index (χ0n) is 14.7. The molecule has 1 fully saturated rings. The molecule has 0 unspecified atom stereocenters. The van der Waals surface area contributed by atoms with Crippen molar-refractivity contribution in [3.05, 3.63) is 59.7 Å². The van der Waals surface area contributed by atoms with E-state index in [9.17, 15) is 22.8 Å². The van der Waals surface area contributed by atoms with E-state index in [1.54, 1.807) is 12.1 Å². The smallest absolute Gasteiger partial charge is 0.271 e. The number of hydrogen-bond acceptors (Lipinski definition) is 5. The monoisotopic (exact) mass is 388 g/mol. The number of rotatable bonds is 3. The topological polar surface area (TPSA) is 65.3 Å². The molecule has 144 valence electrons. The molecule has 0 N–H and O–H groups in total. The van der Waals surface area contributed by atoms with Gasteiger partial charge in [0.25, 0.3) is 11.8 Å². The van der Waals surface area contributed by atoms with Gasteiger partial charge in [0.2, 0.25) is 0 Å².